The predicted octanol–water partition coefficient (Wildman–Crippen LogP) is 2.47. The topological polar surface area (TPSA) is 54.2 Å². The van der Waals surface area contributed by atoms with Gasteiger partial charge in [0, 0.05) is 31.7 Å². The van der Waals surface area contributed by atoms with Crippen LogP contribution in [-0.4, -0.2) is 19.1 Å². The van der Waals surface area contributed by atoms with E-state index in [1.54, 1.807) is 6.20 Å². The van der Waals surface area contributed by atoms with Crippen molar-refractivity contribution in [2.24, 2.45) is 0 Å². The second kappa shape index (κ2) is 4.74. The van der Waals surface area contributed by atoms with Crippen molar-refractivity contribution in [3.05, 3.63) is 42.6 Å². The highest BCUT2D eigenvalue weighted by Crippen LogP contribution is 2.23. The Bertz CT molecular complexity index is 508. The number of rotatable bonds is 3. The Morgan fingerprint density at radius 3 is 2.71 bits per heavy atom. The van der Waals surface area contributed by atoms with Crippen LogP contribution in [0, 0.1) is 0 Å². The van der Waals surface area contributed by atoms with E-state index in [-0.39, 0.29) is 0 Å². The minimum atomic E-state index is 0.503. The van der Waals surface area contributed by atoms with Crippen molar-refractivity contribution < 1.29 is 0 Å². The smallest absolute Gasteiger partial charge is 0.147 e. The Labute approximate surface area is 101 Å². The highest BCUT2D eigenvalue weighted by molar-refractivity contribution is 5.71. The van der Waals surface area contributed by atoms with E-state index in [9.17, 15) is 0 Å². The lowest BCUT2D eigenvalue weighted by atomic mass is 10.2. The van der Waals surface area contributed by atoms with E-state index >= 15 is 0 Å². The maximum atomic E-state index is 5.78. The van der Waals surface area contributed by atoms with Gasteiger partial charge in [0.05, 0.1) is 5.69 Å². The van der Waals surface area contributed by atoms with Crippen molar-refractivity contribution >= 4 is 22.9 Å². The molecule has 0 saturated heterocycles. The van der Waals surface area contributed by atoms with Crippen LogP contribution in [0.15, 0.2) is 42.6 Å². The summed E-state index contributed by atoms with van der Waals surface area (Å²) in [5.74, 6) is 0.503. The first-order valence-corrected chi connectivity index (χ1v) is 5.42. The van der Waals surface area contributed by atoms with Crippen molar-refractivity contribution in [2.45, 2.75) is 0 Å². The number of anilines is 4. The van der Waals surface area contributed by atoms with Crippen LogP contribution >= 0.6 is 0 Å². The van der Waals surface area contributed by atoms with E-state index < -0.39 is 0 Å². The largest absolute Gasteiger partial charge is 0.382 e. The first-order valence-electron chi connectivity index (χ1n) is 5.42. The van der Waals surface area contributed by atoms with E-state index in [4.69, 9.17) is 5.73 Å². The molecule has 0 bridgehead atoms. The molecule has 0 aliphatic rings. The number of hydrogen-bond donors (Lipinski definition) is 2. The molecular formula is C13H16N4. The summed E-state index contributed by atoms with van der Waals surface area (Å²) in [6.45, 7) is 0. The molecule has 0 unspecified atom stereocenters. The van der Waals surface area contributed by atoms with Gasteiger partial charge in [-0.3, -0.25) is 0 Å². The van der Waals surface area contributed by atoms with Gasteiger partial charge in [0.25, 0.3) is 0 Å². The average molecular weight is 228 g/mol. The van der Waals surface area contributed by atoms with Crippen LogP contribution in [0.5, 0.6) is 0 Å². The first kappa shape index (κ1) is 11.3. The number of nitrogens with one attached hydrogen (secondary N) is 1. The normalized spacial score (nSPS) is 10.0. The van der Waals surface area contributed by atoms with Gasteiger partial charge in [-0.05, 0) is 30.3 Å². The quantitative estimate of drug-likeness (QED) is 0.847. The summed E-state index contributed by atoms with van der Waals surface area (Å²) in [4.78, 5) is 6.09. The van der Waals surface area contributed by atoms with Gasteiger partial charge < -0.3 is 16.0 Å². The SMILES string of the molecule is CN(C)c1cccc(Nc2cccnc2N)c1. The van der Waals surface area contributed by atoms with Crippen LogP contribution in [0.1, 0.15) is 0 Å². The number of benzene rings is 1. The zero-order chi connectivity index (χ0) is 12.3. The zero-order valence-corrected chi connectivity index (χ0v) is 10.0. The second-order valence-corrected chi connectivity index (χ2v) is 4.01. The lowest BCUT2D eigenvalue weighted by molar-refractivity contribution is 1.13. The maximum Gasteiger partial charge on any atom is 0.147 e. The molecule has 0 saturated carbocycles. The van der Waals surface area contributed by atoms with Crippen LogP contribution < -0.4 is 16.0 Å². The van der Waals surface area contributed by atoms with Gasteiger partial charge in [-0.2, -0.15) is 0 Å². The third kappa shape index (κ3) is 2.66. The van der Waals surface area contributed by atoms with Crippen LogP contribution in [0.25, 0.3) is 0 Å². The van der Waals surface area contributed by atoms with Crippen molar-refractivity contribution in [1.29, 1.82) is 0 Å². The van der Waals surface area contributed by atoms with Gasteiger partial charge in [-0.15, -0.1) is 0 Å². The standard InChI is InChI=1S/C13H16N4/c1-17(2)11-6-3-5-10(9-11)16-12-7-4-8-15-13(12)14/h3-9,16H,1-2H3,(H2,14,15). The average Bonchev–Trinajstić information content (AvgIpc) is 2.32. The lowest BCUT2D eigenvalue weighted by Gasteiger charge is -2.14. The molecule has 0 amide bonds. The van der Waals surface area contributed by atoms with E-state index in [1.807, 2.05) is 38.4 Å². The van der Waals surface area contributed by atoms with E-state index in [2.05, 4.69) is 27.3 Å². The summed E-state index contributed by atoms with van der Waals surface area (Å²) >= 11 is 0. The second-order valence-electron chi connectivity index (χ2n) is 4.01. The molecule has 17 heavy (non-hydrogen) atoms. The summed E-state index contributed by atoms with van der Waals surface area (Å²) < 4.78 is 0. The molecule has 2 rings (SSSR count). The molecule has 0 fully saturated rings. The fraction of sp³-hybridized carbons (Fsp3) is 0.154. The minimum absolute atomic E-state index is 0.503. The van der Waals surface area contributed by atoms with Gasteiger partial charge in [-0.1, -0.05) is 6.07 Å². The zero-order valence-electron chi connectivity index (χ0n) is 10.0. The lowest BCUT2D eigenvalue weighted by Crippen LogP contribution is -2.08. The molecule has 3 N–H and O–H groups in total. The summed E-state index contributed by atoms with van der Waals surface area (Å²) in [6, 6.07) is 11.9. The van der Waals surface area contributed by atoms with Gasteiger partial charge in [0.1, 0.15) is 5.82 Å². The number of aromatic nitrogens is 1. The molecule has 0 radical (unpaired) electrons. The fourth-order valence-corrected chi connectivity index (χ4v) is 1.54. The third-order valence-electron chi connectivity index (χ3n) is 2.48. The number of nitrogens with two attached hydrogens (primary N) is 1. The minimum Gasteiger partial charge on any atom is -0.382 e. The van der Waals surface area contributed by atoms with E-state index in [1.165, 1.54) is 0 Å². The van der Waals surface area contributed by atoms with Crippen molar-refractivity contribution in [3.63, 3.8) is 0 Å². The molecule has 1 aromatic carbocycles. The summed E-state index contributed by atoms with van der Waals surface area (Å²) in [5.41, 5.74) is 8.74. The molecule has 0 aliphatic carbocycles. The van der Waals surface area contributed by atoms with Gasteiger partial charge in [0.15, 0.2) is 0 Å². The number of pyridine rings is 1. The summed E-state index contributed by atoms with van der Waals surface area (Å²) in [7, 11) is 4.02. The third-order valence-corrected chi connectivity index (χ3v) is 2.48. The molecule has 0 aliphatic heterocycles. The fourth-order valence-electron chi connectivity index (χ4n) is 1.54. The van der Waals surface area contributed by atoms with Gasteiger partial charge in [0.2, 0.25) is 0 Å². The van der Waals surface area contributed by atoms with Gasteiger partial charge >= 0.3 is 0 Å². The maximum absolute atomic E-state index is 5.78. The highest BCUT2D eigenvalue weighted by Gasteiger charge is 2.01. The van der Waals surface area contributed by atoms with E-state index in [0.29, 0.717) is 5.82 Å². The van der Waals surface area contributed by atoms with Crippen molar-refractivity contribution in [1.82, 2.24) is 4.98 Å². The van der Waals surface area contributed by atoms with Crippen molar-refractivity contribution in [3.8, 4) is 0 Å². The Hall–Kier alpha value is -2.23. The van der Waals surface area contributed by atoms with Crippen LogP contribution in [-0.2, 0) is 0 Å². The number of hydrogen-bond acceptors (Lipinski definition) is 4. The Morgan fingerprint density at radius 1 is 1.18 bits per heavy atom. The van der Waals surface area contributed by atoms with E-state index in [0.717, 1.165) is 17.1 Å². The van der Waals surface area contributed by atoms with Gasteiger partial charge in [-0.25, -0.2) is 4.98 Å². The molecular weight excluding hydrogens is 212 g/mol. The Kier molecular flexibility index (Phi) is 3.14. The number of nitrogen functional groups attached to an aromatic ring is 1. The summed E-state index contributed by atoms with van der Waals surface area (Å²) in [6.07, 6.45) is 1.68. The molecule has 0 atom stereocenters. The first-order chi connectivity index (χ1) is 8.16. The Balaban J connectivity index is 2.25. The molecule has 4 heteroatoms. The number of nitrogens with zero attached hydrogens (tertiary/aromatic N) is 2. The Morgan fingerprint density at radius 2 is 2.00 bits per heavy atom. The summed E-state index contributed by atoms with van der Waals surface area (Å²) in [5, 5.41) is 3.25. The molecule has 1 heterocycles. The molecule has 2 aromatic rings. The van der Waals surface area contributed by atoms with Crippen LogP contribution in [0.2, 0.25) is 0 Å². The van der Waals surface area contributed by atoms with Crippen LogP contribution in [0.4, 0.5) is 22.9 Å². The predicted molar refractivity (Wildman–Crippen MR) is 72.7 cm³/mol. The highest BCUT2D eigenvalue weighted by atomic mass is 15.1. The molecule has 88 valence electrons. The molecule has 1 aromatic heterocycles. The monoisotopic (exact) mass is 228 g/mol. The van der Waals surface area contributed by atoms with Crippen molar-refractivity contribution in [2.75, 3.05) is 30.0 Å². The van der Waals surface area contributed by atoms with Crippen LogP contribution in [0.3, 0.4) is 0 Å². The molecule has 0 spiro atoms. The molecule has 4 nitrogen and oxygen atoms in total.